The van der Waals surface area contributed by atoms with E-state index >= 15 is 0 Å². The van der Waals surface area contributed by atoms with Gasteiger partial charge in [-0.25, -0.2) is 8.42 Å². The molecular formula is C20H25ClN2O4S. The van der Waals surface area contributed by atoms with E-state index in [1.807, 2.05) is 6.92 Å². The van der Waals surface area contributed by atoms with Crippen LogP contribution in [0.15, 0.2) is 41.3 Å². The van der Waals surface area contributed by atoms with E-state index in [1.54, 1.807) is 51.1 Å². The quantitative estimate of drug-likeness (QED) is 0.694. The van der Waals surface area contributed by atoms with Crippen molar-refractivity contribution in [2.75, 3.05) is 25.0 Å². The fourth-order valence-corrected chi connectivity index (χ4v) is 4.45. The van der Waals surface area contributed by atoms with Crippen LogP contribution in [0.1, 0.15) is 25.0 Å². The van der Waals surface area contributed by atoms with Crippen LogP contribution in [0, 0.1) is 13.8 Å². The molecule has 0 fully saturated rings. The number of hydrogen-bond donors (Lipinski definition) is 1. The third-order valence-electron chi connectivity index (χ3n) is 4.39. The standard InChI is InChI=1S/C20H25ClN2O4S/c1-5-23(6-2)28(25,26)16-10-11-19(14(3)12-16)27-13-20(24)22-18-9-7-8-17(21)15(18)4/h7-12H,5-6,13H2,1-4H3,(H,22,24). The second-order valence-corrected chi connectivity index (χ2v) is 8.61. The van der Waals surface area contributed by atoms with Gasteiger partial charge in [0.25, 0.3) is 5.91 Å². The van der Waals surface area contributed by atoms with Gasteiger partial charge in [0.1, 0.15) is 5.75 Å². The van der Waals surface area contributed by atoms with Gasteiger partial charge in [0, 0.05) is 23.8 Å². The maximum absolute atomic E-state index is 12.6. The lowest BCUT2D eigenvalue weighted by atomic mass is 10.2. The molecule has 0 aliphatic carbocycles. The van der Waals surface area contributed by atoms with E-state index in [0.717, 1.165) is 5.56 Å². The van der Waals surface area contributed by atoms with E-state index in [2.05, 4.69) is 5.32 Å². The molecule has 1 amide bonds. The van der Waals surface area contributed by atoms with E-state index in [4.69, 9.17) is 16.3 Å². The molecule has 6 nitrogen and oxygen atoms in total. The van der Waals surface area contributed by atoms with Gasteiger partial charge in [-0.2, -0.15) is 4.31 Å². The summed E-state index contributed by atoms with van der Waals surface area (Å²) in [6, 6.07) is 9.89. The fourth-order valence-electron chi connectivity index (χ4n) is 2.73. The minimum Gasteiger partial charge on any atom is -0.483 e. The first-order valence-corrected chi connectivity index (χ1v) is 10.8. The Morgan fingerprint density at radius 2 is 1.82 bits per heavy atom. The molecule has 0 aromatic heterocycles. The predicted octanol–water partition coefficient (Wildman–Crippen LogP) is 4.00. The van der Waals surface area contributed by atoms with Gasteiger partial charge in [0.2, 0.25) is 10.0 Å². The van der Waals surface area contributed by atoms with Crippen molar-refractivity contribution in [2.24, 2.45) is 0 Å². The number of rotatable bonds is 8. The number of aryl methyl sites for hydroxylation is 1. The van der Waals surface area contributed by atoms with Gasteiger partial charge < -0.3 is 10.1 Å². The largest absolute Gasteiger partial charge is 0.483 e. The van der Waals surface area contributed by atoms with Crippen LogP contribution in [0.25, 0.3) is 0 Å². The van der Waals surface area contributed by atoms with Crippen LogP contribution >= 0.6 is 11.6 Å². The van der Waals surface area contributed by atoms with Crippen molar-refractivity contribution < 1.29 is 17.9 Å². The normalized spacial score (nSPS) is 11.5. The number of halogens is 1. The van der Waals surface area contributed by atoms with Gasteiger partial charge in [-0.1, -0.05) is 31.5 Å². The van der Waals surface area contributed by atoms with Crippen molar-refractivity contribution in [3.8, 4) is 5.75 Å². The first kappa shape index (κ1) is 22.2. The highest BCUT2D eigenvalue weighted by Gasteiger charge is 2.22. The van der Waals surface area contributed by atoms with Crippen LogP contribution in [0.3, 0.4) is 0 Å². The number of carbonyl (C=O) groups is 1. The molecule has 1 N–H and O–H groups in total. The van der Waals surface area contributed by atoms with Crippen LogP contribution in [-0.4, -0.2) is 38.3 Å². The second kappa shape index (κ2) is 9.41. The molecule has 0 saturated carbocycles. The molecule has 2 rings (SSSR count). The zero-order valence-corrected chi connectivity index (χ0v) is 18.0. The summed E-state index contributed by atoms with van der Waals surface area (Å²) in [7, 11) is -3.54. The molecule has 8 heteroatoms. The highest BCUT2D eigenvalue weighted by Crippen LogP contribution is 2.25. The lowest BCUT2D eigenvalue weighted by molar-refractivity contribution is -0.118. The van der Waals surface area contributed by atoms with Crippen LogP contribution in [-0.2, 0) is 14.8 Å². The van der Waals surface area contributed by atoms with E-state index in [1.165, 1.54) is 10.4 Å². The Morgan fingerprint density at radius 1 is 1.14 bits per heavy atom. The Kier molecular flexibility index (Phi) is 7.46. The minimum absolute atomic E-state index is 0.199. The third kappa shape index (κ3) is 5.04. The number of nitrogens with one attached hydrogen (secondary N) is 1. The van der Waals surface area contributed by atoms with Crippen molar-refractivity contribution in [1.82, 2.24) is 4.31 Å². The molecule has 0 spiro atoms. The summed E-state index contributed by atoms with van der Waals surface area (Å²) in [6.07, 6.45) is 0. The summed E-state index contributed by atoms with van der Waals surface area (Å²) in [5.41, 5.74) is 2.04. The van der Waals surface area contributed by atoms with Gasteiger partial charge in [-0.15, -0.1) is 0 Å². The monoisotopic (exact) mass is 424 g/mol. The van der Waals surface area contributed by atoms with Gasteiger partial charge in [-0.05, 0) is 55.3 Å². The van der Waals surface area contributed by atoms with E-state index in [-0.39, 0.29) is 17.4 Å². The summed E-state index contributed by atoms with van der Waals surface area (Å²) in [5, 5.41) is 3.32. The van der Waals surface area contributed by atoms with Gasteiger partial charge in [-0.3, -0.25) is 4.79 Å². The minimum atomic E-state index is -3.54. The van der Waals surface area contributed by atoms with Crippen molar-refractivity contribution >= 4 is 33.2 Å². The first-order chi connectivity index (χ1) is 13.2. The maximum Gasteiger partial charge on any atom is 0.262 e. The summed E-state index contributed by atoms with van der Waals surface area (Å²) in [5.74, 6) is 0.126. The van der Waals surface area contributed by atoms with Crippen molar-refractivity contribution in [1.29, 1.82) is 0 Å². The molecule has 0 bridgehead atoms. The maximum atomic E-state index is 12.6. The van der Waals surface area contributed by atoms with Gasteiger partial charge in [0.15, 0.2) is 6.61 Å². The molecule has 0 radical (unpaired) electrons. The Morgan fingerprint density at radius 3 is 2.43 bits per heavy atom. The van der Waals surface area contributed by atoms with Crippen LogP contribution in [0.2, 0.25) is 5.02 Å². The molecular weight excluding hydrogens is 400 g/mol. The molecule has 152 valence electrons. The molecule has 0 unspecified atom stereocenters. The number of nitrogens with zero attached hydrogens (tertiary/aromatic N) is 1. The molecule has 0 aliphatic heterocycles. The molecule has 2 aromatic rings. The zero-order valence-electron chi connectivity index (χ0n) is 16.5. The topological polar surface area (TPSA) is 75.7 Å². The molecule has 0 aliphatic rings. The Bertz CT molecular complexity index is 957. The number of benzene rings is 2. The number of amides is 1. The number of carbonyl (C=O) groups excluding carboxylic acids is 1. The summed E-state index contributed by atoms with van der Waals surface area (Å²) < 4.78 is 32.2. The predicted molar refractivity (Wildman–Crippen MR) is 112 cm³/mol. The number of hydrogen-bond acceptors (Lipinski definition) is 4. The van der Waals surface area contributed by atoms with Crippen LogP contribution < -0.4 is 10.1 Å². The summed E-state index contributed by atoms with van der Waals surface area (Å²) >= 11 is 6.05. The summed E-state index contributed by atoms with van der Waals surface area (Å²) in [4.78, 5) is 12.4. The smallest absolute Gasteiger partial charge is 0.262 e. The molecule has 0 heterocycles. The van der Waals surface area contributed by atoms with Crippen molar-refractivity contribution in [3.63, 3.8) is 0 Å². The van der Waals surface area contributed by atoms with E-state index in [0.29, 0.717) is 35.1 Å². The number of anilines is 1. The van der Waals surface area contributed by atoms with Crippen molar-refractivity contribution in [3.05, 3.63) is 52.5 Å². The lowest BCUT2D eigenvalue weighted by Crippen LogP contribution is -2.30. The Balaban J connectivity index is 2.07. The van der Waals surface area contributed by atoms with E-state index < -0.39 is 10.0 Å². The van der Waals surface area contributed by atoms with Crippen LogP contribution in [0.5, 0.6) is 5.75 Å². The Hall–Kier alpha value is -2.09. The zero-order chi connectivity index (χ0) is 20.9. The highest BCUT2D eigenvalue weighted by atomic mass is 35.5. The summed E-state index contributed by atoms with van der Waals surface area (Å²) in [6.45, 7) is 7.76. The molecule has 2 aromatic carbocycles. The second-order valence-electron chi connectivity index (χ2n) is 6.27. The average Bonchev–Trinajstić information content (AvgIpc) is 2.65. The van der Waals surface area contributed by atoms with Crippen molar-refractivity contribution in [2.45, 2.75) is 32.6 Å². The number of ether oxygens (including phenoxy) is 1. The Labute approximate surface area is 171 Å². The fraction of sp³-hybridized carbons (Fsp3) is 0.350. The van der Waals surface area contributed by atoms with Gasteiger partial charge >= 0.3 is 0 Å². The average molecular weight is 425 g/mol. The molecule has 28 heavy (non-hydrogen) atoms. The van der Waals surface area contributed by atoms with Gasteiger partial charge in [0.05, 0.1) is 4.90 Å². The van der Waals surface area contributed by atoms with E-state index in [9.17, 15) is 13.2 Å². The van der Waals surface area contributed by atoms with Crippen LogP contribution in [0.4, 0.5) is 5.69 Å². The SMILES string of the molecule is CCN(CC)S(=O)(=O)c1ccc(OCC(=O)Nc2cccc(Cl)c2C)c(C)c1. The first-order valence-electron chi connectivity index (χ1n) is 8.99. The highest BCUT2D eigenvalue weighted by molar-refractivity contribution is 7.89. The third-order valence-corrected chi connectivity index (χ3v) is 6.85. The molecule has 0 atom stereocenters. The molecule has 0 saturated heterocycles. The lowest BCUT2D eigenvalue weighted by Gasteiger charge is -2.19. The number of sulfonamides is 1.